The maximum Gasteiger partial charge on any atom is 0.286 e. The van der Waals surface area contributed by atoms with Crippen LogP contribution in [0.2, 0.25) is 0 Å². The van der Waals surface area contributed by atoms with E-state index in [1.165, 1.54) is 0 Å². The smallest absolute Gasteiger partial charge is 0.286 e. The van der Waals surface area contributed by atoms with Crippen LogP contribution in [0.1, 0.15) is 18.9 Å². The van der Waals surface area contributed by atoms with Gasteiger partial charge in [0.2, 0.25) is 5.91 Å². The Morgan fingerprint density at radius 3 is 2.65 bits per heavy atom. The second-order valence-corrected chi connectivity index (χ2v) is 7.07. The number of amidine groups is 1. The molecule has 1 aliphatic heterocycles. The van der Waals surface area contributed by atoms with Crippen LogP contribution in [0.4, 0.5) is 4.79 Å². The van der Waals surface area contributed by atoms with Crippen molar-refractivity contribution in [3.05, 3.63) is 42.0 Å². The van der Waals surface area contributed by atoms with Gasteiger partial charge in [0.15, 0.2) is 0 Å². The summed E-state index contributed by atoms with van der Waals surface area (Å²) < 4.78 is 5.78. The van der Waals surface area contributed by atoms with Gasteiger partial charge in [0.05, 0.1) is 11.8 Å². The quantitative estimate of drug-likeness (QED) is 0.559. The molecule has 0 aromatic heterocycles. The maximum absolute atomic E-state index is 11.6. The second-order valence-electron chi connectivity index (χ2n) is 5.89. The van der Waals surface area contributed by atoms with Crippen molar-refractivity contribution >= 4 is 28.7 Å². The van der Waals surface area contributed by atoms with E-state index < -0.39 is 0 Å². The summed E-state index contributed by atoms with van der Waals surface area (Å²) in [6, 6.07) is 7.64. The van der Waals surface area contributed by atoms with Crippen LogP contribution >= 0.6 is 11.8 Å². The van der Waals surface area contributed by atoms with E-state index in [0.717, 1.165) is 41.9 Å². The molecule has 140 valence electrons. The minimum absolute atomic E-state index is 0.214. The molecular formula is C19H25N3O3S. The van der Waals surface area contributed by atoms with E-state index in [2.05, 4.69) is 23.3 Å². The fraction of sp³-hybridized carbons (Fsp3) is 0.421. The number of imide groups is 1. The molecule has 2 rings (SSSR count). The summed E-state index contributed by atoms with van der Waals surface area (Å²) in [5, 5.41) is 1.69. The maximum atomic E-state index is 11.6. The first-order valence-electron chi connectivity index (χ1n) is 8.61. The van der Waals surface area contributed by atoms with Crippen LogP contribution < -0.4 is 10.1 Å². The highest BCUT2D eigenvalue weighted by Crippen LogP contribution is 2.23. The molecule has 0 bridgehead atoms. The van der Waals surface area contributed by atoms with Crippen LogP contribution in [0.5, 0.6) is 5.75 Å². The molecule has 0 saturated carbocycles. The number of benzene rings is 1. The highest BCUT2D eigenvalue weighted by molar-refractivity contribution is 8.15. The number of likely N-dealkylation sites (N-methyl/N-ethyl adjacent to an activating group) is 1. The summed E-state index contributed by atoms with van der Waals surface area (Å²) in [7, 11) is 3.77. The molecule has 1 N–H and O–H groups in total. The molecule has 1 aliphatic rings. The van der Waals surface area contributed by atoms with Gasteiger partial charge in [-0.2, -0.15) is 0 Å². The number of hydrogen-bond acceptors (Lipinski definition) is 5. The summed E-state index contributed by atoms with van der Waals surface area (Å²) in [5.41, 5.74) is 1.00. The number of thioether (sulfide) groups is 1. The molecule has 0 radical (unpaired) electrons. The van der Waals surface area contributed by atoms with Crippen molar-refractivity contribution in [2.75, 3.05) is 27.2 Å². The van der Waals surface area contributed by atoms with Crippen LogP contribution in [0.15, 0.2) is 41.4 Å². The molecule has 1 saturated heterocycles. The first kappa shape index (κ1) is 20.0. The van der Waals surface area contributed by atoms with Crippen molar-refractivity contribution in [1.29, 1.82) is 0 Å². The zero-order valence-corrected chi connectivity index (χ0v) is 16.2. The Morgan fingerprint density at radius 2 is 2.08 bits per heavy atom. The lowest BCUT2D eigenvalue weighted by atomic mass is 10.1. The lowest BCUT2D eigenvalue weighted by Gasteiger charge is -2.19. The monoisotopic (exact) mass is 375 g/mol. The van der Waals surface area contributed by atoms with Crippen molar-refractivity contribution in [3.63, 3.8) is 0 Å². The van der Waals surface area contributed by atoms with E-state index in [1.54, 1.807) is 7.05 Å². The van der Waals surface area contributed by atoms with E-state index in [0.29, 0.717) is 13.0 Å². The highest BCUT2D eigenvalue weighted by Gasteiger charge is 2.31. The van der Waals surface area contributed by atoms with Crippen molar-refractivity contribution in [2.24, 2.45) is 4.99 Å². The zero-order chi connectivity index (χ0) is 18.9. The standard InChI is InChI=1S/C19H25N3O3S/c1-4-5-6-17(20-2)22(3)11-12-25-15-9-7-14(8-10-15)13-16-18(23)21-19(24)26-16/h5-10,16H,4,11-13H2,1-3H3,(H,21,23,24)/b6-5-,20-17?. The Hall–Kier alpha value is -2.28. The van der Waals surface area contributed by atoms with Crippen molar-refractivity contribution in [1.82, 2.24) is 10.2 Å². The van der Waals surface area contributed by atoms with Gasteiger partial charge >= 0.3 is 0 Å². The Kier molecular flexibility index (Phi) is 7.72. The molecule has 26 heavy (non-hydrogen) atoms. The molecule has 1 unspecified atom stereocenters. The number of aliphatic imine (C=N–C) groups is 1. The first-order chi connectivity index (χ1) is 12.5. The first-order valence-corrected chi connectivity index (χ1v) is 9.49. The van der Waals surface area contributed by atoms with E-state index >= 15 is 0 Å². The van der Waals surface area contributed by atoms with Gasteiger partial charge in [-0.1, -0.05) is 36.9 Å². The molecule has 6 nitrogen and oxygen atoms in total. The number of amides is 2. The van der Waals surface area contributed by atoms with Crippen LogP contribution in [0.3, 0.4) is 0 Å². The molecule has 7 heteroatoms. The molecule has 0 spiro atoms. The summed E-state index contributed by atoms with van der Waals surface area (Å²) in [4.78, 5) is 29.1. The molecule has 1 aromatic rings. The normalized spacial score (nSPS) is 17.7. The third-order valence-electron chi connectivity index (χ3n) is 3.93. The summed E-state index contributed by atoms with van der Waals surface area (Å²) in [6.45, 7) is 3.36. The molecular weight excluding hydrogens is 350 g/mol. The van der Waals surface area contributed by atoms with Crippen molar-refractivity contribution < 1.29 is 14.3 Å². The third-order valence-corrected chi connectivity index (χ3v) is 4.91. The number of ether oxygens (including phenoxy) is 1. The molecule has 2 amide bonds. The molecule has 1 heterocycles. The van der Waals surface area contributed by atoms with Gasteiger partial charge < -0.3 is 9.64 Å². The van der Waals surface area contributed by atoms with E-state index in [-0.39, 0.29) is 16.4 Å². The summed E-state index contributed by atoms with van der Waals surface area (Å²) in [6.07, 6.45) is 5.60. The van der Waals surface area contributed by atoms with Crippen LogP contribution in [-0.4, -0.2) is 54.4 Å². The van der Waals surface area contributed by atoms with Gasteiger partial charge in [0, 0.05) is 14.1 Å². The topological polar surface area (TPSA) is 71.0 Å². The minimum atomic E-state index is -0.342. The molecule has 1 atom stereocenters. The van der Waals surface area contributed by atoms with Crippen LogP contribution in [-0.2, 0) is 11.2 Å². The van der Waals surface area contributed by atoms with Gasteiger partial charge in [-0.3, -0.25) is 19.9 Å². The lowest BCUT2D eigenvalue weighted by molar-refractivity contribution is -0.118. The van der Waals surface area contributed by atoms with Crippen molar-refractivity contribution in [3.8, 4) is 5.75 Å². The Morgan fingerprint density at radius 1 is 1.35 bits per heavy atom. The number of rotatable bonds is 8. The summed E-state index contributed by atoms with van der Waals surface area (Å²) in [5.74, 6) is 1.49. The highest BCUT2D eigenvalue weighted by atomic mass is 32.2. The fourth-order valence-corrected chi connectivity index (χ4v) is 3.33. The lowest BCUT2D eigenvalue weighted by Crippen LogP contribution is -2.29. The van der Waals surface area contributed by atoms with Gasteiger partial charge in [-0.05, 0) is 36.6 Å². The fourth-order valence-electron chi connectivity index (χ4n) is 2.47. The number of carbonyl (C=O) groups excluding carboxylic acids is 2. The Labute approximate surface area is 158 Å². The SMILES string of the molecule is CC/C=C\C(=NC)N(C)CCOc1ccc(CC2SC(=O)NC2=O)cc1. The number of nitrogens with zero attached hydrogens (tertiary/aromatic N) is 2. The average Bonchev–Trinajstić information content (AvgIpc) is 2.94. The van der Waals surface area contributed by atoms with E-state index in [1.807, 2.05) is 42.3 Å². The van der Waals surface area contributed by atoms with E-state index in [4.69, 9.17) is 4.74 Å². The number of carbonyl (C=O) groups is 2. The van der Waals surface area contributed by atoms with Crippen molar-refractivity contribution in [2.45, 2.75) is 25.0 Å². The predicted molar refractivity (Wildman–Crippen MR) is 106 cm³/mol. The predicted octanol–water partition coefficient (Wildman–Crippen LogP) is 2.89. The van der Waals surface area contributed by atoms with Gasteiger partial charge in [-0.25, -0.2) is 0 Å². The van der Waals surface area contributed by atoms with Crippen LogP contribution in [0.25, 0.3) is 0 Å². The number of nitrogens with one attached hydrogen (secondary N) is 1. The third kappa shape index (κ3) is 5.91. The van der Waals surface area contributed by atoms with Gasteiger partial charge in [-0.15, -0.1) is 0 Å². The zero-order valence-electron chi connectivity index (χ0n) is 15.4. The Balaban J connectivity index is 1.79. The molecule has 1 fully saturated rings. The number of allylic oxidation sites excluding steroid dienone is 1. The van der Waals surface area contributed by atoms with Gasteiger partial charge in [0.1, 0.15) is 18.2 Å². The molecule has 1 aromatic carbocycles. The largest absolute Gasteiger partial charge is 0.492 e. The molecule has 0 aliphatic carbocycles. The second kappa shape index (κ2) is 10.0. The summed E-state index contributed by atoms with van der Waals surface area (Å²) >= 11 is 1.05. The van der Waals surface area contributed by atoms with Crippen LogP contribution in [0, 0.1) is 0 Å². The minimum Gasteiger partial charge on any atom is -0.492 e. The van der Waals surface area contributed by atoms with Gasteiger partial charge in [0.25, 0.3) is 5.24 Å². The number of hydrogen-bond donors (Lipinski definition) is 1. The average molecular weight is 375 g/mol. The van der Waals surface area contributed by atoms with E-state index in [9.17, 15) is 9.59 Å². The Bertz CT molecular complexity index is 686.